The number of carbonyl (C=O) groups is 1. The van der Waals surface area contributed by atoms with Crippen LogP contribution in [-0.2, 0) is 4.79 Å². The van der Waals surface area contributed by atoms with Crippen molar-refractivity contribution in [2.75, 3.05) is 24.6 Å². The smallest absolute Gasteiger partial charge is 0.221 e. The molecule has 4 heteroatoms. The van der Waals surface area contributed by atoms with Crippen LogP contribution in [0.5, 0.6) is 0 Å². The van der Waals surface area contributed by atoms with Crippen molar-refractivity contribution < 1.29 is 4.79 Å². The second-order valence-corrected chi connectivity index (χ2v) is 6.08. The first kappa shape index (κ1) is 14.8. The molecular formula is C13H26N2OS. The molecular weight excluding hydrogens is 232 g/mol. The minimum absolute atomic E-state index is 0.217. The van der Waals surface area contributed by atoms with Crippen LogP contribution in [0.1, 0.15) is 39.5 Å². The molecule has 100 valence electrons. The van der Waals surface area contributed by atoms with Crippen molar-refractivity contribution in [3.05, 3.63) is 0 Å². The Balaban J connectivity index is 2.07. The van der Waals surface area contributed by atoms with Crippen molar-refractivity contribution in [2.45, 2.75) is 45.6 Å². The Kier molecular flexibility index (Phi) is 7.69. The van der Waals surface area contributed by atoms with Gasteiger partial charge in [0.2, 0.25) is 5.91 Å². The predicted octanol–water partition coefficient (Wildman–Crippen LogP) is 2.02. The summed E-state index contributed by atoms with van der Waals surface area (Å²) in [6.45, 7) is 6.43. The molecule has 0 aromatic heterocycles. The summed E-state index contributed by atoms with van der Waals surface area (Å²) in [5.74, 6) is 2.97. The molecule has 0 aromatic rings. The molecule has 1 rings (SSSR count). The van der Waals surface area contributed by atoms with Crippen molar-refractivity contribution in [3.8, 4) is 0 Å². The first-order valence-corrected chi connectivity index (χ1v) is 7.97. The van der Waals surface area contributed by atoms with Gasteiger partial charge in [-0.3, -0.25) is 4.79 Å². The first-order chi connectivity index (χ1) is 8.24. The van der Waals surface area contributed by atoms with Gasteiger partial charge in [0, 0.05) is 24.8 Å². The average Bonchev–Trinajstić information content (AvgIpc) is 2.32. The number of unbranched alkanes of at least 4 members (excludes halogenated alkanes) is 1. The molecule has 0 saturated carbocycles. The Bertz CT molecular complexity index is 223. The fraction of sp³-hybridized carbons (Fsp3) is 0.923. The molecule has 0 spiro atoms. The van der Waals surface area contributed by atoms with E-state index in [4.69, 9.17) is 0 Å². The lowest BCUT2D eigenvalue weighted by molar-refractivity contribution is -0.121. The summed E-state index contributed by atoms with van der Waals surface area (Å²) in [6, 6.07) is 0.330. The zero-order valence-corrected chi connectivity index (χ0v) is 11.9. The Hall–Kier alpha value is -0.220. The third kappa shape index (κ3) is 6.32. The molecule has 0 aliphatic carbocycles. The lowest BCUT2D eigenvalue weighted by Crippen LogP contribution is -2.50. The van der Waals surface area contributed by atoms with E-state index in [1.807, 2.05) is 11.8 Å². The highest BCUT2D eigenvalue weighted by Crippen LogP contribution is 2.12. The van der Waals surface area contributed by atoms with Crippen LogP contribution in [0.15, 0.2) is 0 Å². The number of rotatable bonds is 7. The van der Waals surface area contributed by atoms with Crippen molar-refractivity contribution in [3.63, 3.8) is 0 Å². The van der Waals surface area contributed by atoms with Crippen LogP contribution >= 0.6 is 11.8 Å². The van der Waals surface area contributed by atoms with E-state index in [0.717, 1.165) is 25.3 Å². The normalized spacial score (nSPS) is 24.6. The maximum absolute atomic E-state index is 11.7. The molecule has 3 nitrogen and oxygen atoms in total. The van der Waals surface area contributed by atoms with Crippen molar-refractivity contribution in [2.24, 2.45) is 5.92 Å². The van der Waals surface area contributed by atoms with Gasteiger partial charge >= 0.3 is 0 Å². The predicted molar refractivity (Wildman–Crippen MR) is 75.4 cm³/mol. The van der Waals surface area contributed by atoms with Gasteiger partial charge in [0.05, 0.1) is 0 Å². The maximum Gasteiger partial charge on any atom is 0.221 e. The first-order valence-electron chi connectivity index (χ1n) is 6.82. The van der Waals surface area contributed by atoms with Crippen LogP contribution in [0.4, 0.5) is 0 Å². The summed E-state index contributed by atoms with van der Waals surface area (Å²) in [7, 11) is 0. The summed E-state index contributed by atoms with van der Waals surface area (Å²) >= 11 is 1.89. The van der Waals surface area contributed by atoms with Gasteiger partial charge in [0.15, 0.2) is 0 Å². The third-order valence-electron chi connectivity index (χ3n) is 3.29. The number of hydrogen-bond donors (Lipinski definition) is 2. The second-order valence-electron chi connectivity index (χ2n) is 4.86. The fourth-order valence-corrected chi connectivity index (χ4v) is 3.00. The highest BCUT2D eigenvalue weighted by Gasteiger charge is 2.22. The maximum atomic E-state index is 11.7. The van der Waals surface area contributed by atoms with E-state index in [0.29, 0.717) is 18.4 Å². The lowest BCUT2D eigenvalue weighted by Gasteiger charge is -2.30. The standard InChI is InChI=1S/C13H26N2OS/c1-3-4-8-17-9-6-13(16)15-12-10-14-7-5-11(12)2/h11-12,14H,3-10H2,1-2H3,(H,15,16). The number of hydrogen-bond acceptors (Lipinski definition) is 3. The Morgan fingerprint density at radius 3 is 3.00 bits per heavy atom. The van der Waals surface area contributed by atoms with Crippen LogP contribution in [0.3, 0.4) is 0 Å². The van der Waals surface area contributed by atoms with Crippen LogP contribution in [-0.4, -0.2) is 36.5 Å². The van der Waals surface area contributed by atoms with E-state index >= 15 is 0 Å². The molecule has 1 heterocycles. The number of thioether (sulfide) groups is 1. The van der Waals surface area contributed by atoms with Crippen molar-refractivity contribution in [1.82, 2.24) is 10.6 Å². The van der Waals surface area contributed by atoms with Gasteiger partial charge in [-0.05, 0) is 31.1 Å². The average molecular weight is 258 g/mol. The van der Waals surface area contributed by atoms with Crippen molar-refractivity contribution >= 4 is 17.7 Å². The molecule has 1 amide bonds. The number of nitrogens with one attached hydrogen (secondary N) is 2. The van der Waals surface area contributed by atoms with Gasteiger partial charge in [0.1, 0.15) is 0 Å². The molecule has 1 saturated heterocycles. The van der Waals surface area contributed by atoms with E-state index in [9.17, 15) is 4.79 Å². The Labute approximate surface area is 109 Å². The van der Waals surface area contributed by atoms with Gasteiger partial charge in [-0.25, -0.2) is 0 Å². The van der Waals surface area contributed by atoms with Crippen LogP contribution in [0.25, 0.3) is 0 Å². The molecule has 1 aliphatic heterocycles. The minimum atomic E-state index is 0.217. The fourth-order valence-electron chi connectivity index (χ4n) is 1.98. The molecule has 1 fully saturated rings. The quantitative estimate of drug-likeness (QED) is 0.687. The van der Waals surface area contributed by atoms with E-state index in [1.165, 1.54) is 18.6 Å². The van der Waals surface area contributed by atoms with Crippen LogP contribution in [0, 0.1) is 5.92 Å². The summed E-state index contributed by atoms with van der Waals surface area (Å²) in [4.78, 5) is 11.7. The summed E-state index contributed by atoms with van der Waals surface area (Å²) < 4.78 is 0. The SMILES string of the molecule is CCCCSCCC(=O)NC1CNCCC1C. The highest BCUT2D eigenvalue weighted by molar-refractivity contribution is 7.99. The van der Waals surface area contributed by atoms with Gasteiger partial charge in [-0.15, -0.1) is 0 Å². The van der Waals surface area contributed by atoms with Gasteiger partial charge in [-0.1, -0.05) is 20.3 Å². The van der Waals surface area contributed by atoms with Crippen LogP contribution in [0.2, 0.25) is 0 Å². The summed E-state index contributed by atoms with van der Waals surface area (Å²) in [6.07, 6.45) is 4.33. The second kappa shape index (κ2) is 8.81. The summed E-state index contributed by atoms with van der Waals surface area (Å²) in [5.41, 5.74) is 0. The van der Waals surface area contributed by atoms with Crippen LogP contribution < -0.4 is 10.6 Å². The van der Waals surface area contributed by atoms with Gasteiger partial charge < -0.3 is 10.6 Å². The highest BCUT2D eigenvalue weighted by atomic mass is 32.2. The van der Waals surface area contributed by atoms with E-state index in [1.54, 1.807) is 0 Å². The molecule has 17 heavy (non-hydrogen) atoms. The lowest BCUT2D eigenvalue weighted by atomic mass is 9.95. The monoisotopic (exact) mass is 258 g/mol. The molecule has 0 aromatic carbocycles. The molecule has 1 aliphatic rings. The summed E-state index contributed by atoms with van der Waals surface area (Å²) in [5, 5.41) is 6.48. The van der Waals surface area contributed by atoms with E-state index in [-0.39, 0.29) is 5.91 Å². The minimum Gasteiger partial charge on any atom is -0.352 e. The van der Waals surface area contributed by atoms with E-state index in [2.05, 4.69) is 24.5 Å². The number of amides is 1. The molecule has 2 unspecified atom stereocenters. The topological polar surface area (TPSA) is 41.1 Å². The molecule has 0 bridgehead atoms. The van der Waals surface area contributed by atoms with Gasteiger partial charge in [-0.2, -0.15) is 11.8 Å². The number of carbonyl (C=O) groups excluding carboxylic acids is 1. The van der Waals surface area contributed by atoms with E-state index < -0.39 is 0 Å². The third-order valence-corrected chi connectivity index (χ3v) is 4.36. The Morgan fingerprint density at radius 1 is 1.47 bits per heavy atom. The Morgan fingerprint density at radius 2 is 2.29 bits per heavy atom. The zero-order valence-electron chi connectivity index (χ0n) is 11.1. The zero-order chi connectivity index (χ0) is 12.5. The molecule has 0 radical (unpaired) electrons. The number of piperidine rings is 1. The van der Waals surface area contributed by atoms with Gasteiger partial charge in [0.25, 0.3) is 0 Å². The molecule has 2 atom stereocenters. The largest absolute Gasteiger partial charge is 0.352 e. The molecule has 2 N–H and O–H groups in total. The van der Waals surface area contributed by atoms with Crippen molar-refractivity contribution in [1.29, 1.82) is 0 Å².